The second kappa shape index (κ2) is 19.9. The van der Waals surface area contributed by atoms with Crippen LogP contribution in [0.3, 0.4) is 0 Å². The second-order valence-electron chi connectivity index (χ2n) is 10.1. The molecule has 4 N–H and O–H groups in total. The third-order valence-electron chi connectivity index (χ3n) is 6.72. The third kappa shape index (κ3) is 14.4. The van der Waals surface area contributed by atoms with Crippen LogP contribution in [-0.2, 0) is 19.2 Å². The van der Waals surface area contributed by atoms with Gasteiger partial charge in [-0.2, -0.15) is 0 Å². The summed E-state index contributed by atoms with van der Waals surface area (Å²) in [6.07, 6.45) is 8.92. The smallest absolute Gasteiger partial charge is 0.328 e. The van der Waals surface area contributed by atoms with Gasteiger partial charge in [-0.1, -0.05) is 55.3 Å². The van der Waals surface area contributed by atoms with Crippen molar-refractivity contribution < 1.29 is 39.6 Å². The van der Waals surface area contributed by atoms with Crippen LogP contribution in [0.1, 0.15) is 32.1 Å². The summed E-state index contributed by atoms with van der Waals surface area (Å²) in [4.78, 5) is 48.6. The molecule has 2 aromatic carbocycles. The van der Waals surface area contributed by atoms with Crippen molar-refractivity contribution in [1.82, 2.24) is 9.80 Å². The van der Waals surface area contributed by atoms with Gasteiger partial charge in [-0.15, -0.1) is 0 Å². The average molecular weight is 628 g/mol. The number of piperazine rings is 1. The van der Waals surface area contributed by atoms with Gasteiger partial charge in [0.05, 0.1) is 11.4 Å². The molecular weight excluding hydrogens is 586 g/mol. The van der Waals surface area contributed by atoms with Crippen molar-refractivity contribution in [2.45, 2.75) is 41.9 Å². The maximum atomic E-state index is 9.55. The van der Waals surface area contributed by atoms with E-state index in [0.29, 0.717) is 24.3 Å². The van der Waals surface area contributed by atoms with Crippen molar-refractivity contribution >= 4 is 47.0 Å². The van der Waals surface area contributed by atoms with Crippen LogP contribution in [-0.4, -0.2) is 100 Å². The molecule has 238 valence electrons. The molecule has 2 aromatic rings. The molecule has 0 unspecified atom stereocenters. The van der Waals surface area contributed by atoms with Crippen molar-refractivity contribution in [3.63, 3.8) is 0 Å². The predicted octanol–water partition coefficient (Wildman–Crippen LogP) is 4.91. The number of likely N-dealkylation sites (N-methyl/N-ethyl adjacent to an activating group) is 1. The molecule has 1 saturated heterocycles. The fourth-order valence-electron chi connectivity index (χ4n) is 4.51. The van der Waals surface area contributed by atoms with Crippen molar-refractivity contribution in [1.29, 1.82) is 0 Å². The number of hydrogen-bond donors (Lipinski definition) is 4. The minimum absolute atomic E-state index is 0.558. The lowest BCUT2D eigenvalue weighted by molar-refractivity contribution is -0.134. The average Bonchev–Trinajstić information content (AvgIpc) is 2.99. The quantitative estimate of drug-likeness (QED) is 0.186. The molecule has 0 atom stereocenters. The number of carboxylic acid groups (broad SMARTS) is 4. The van der Waals surface area contributed by atoms with Crippen LogP contribution in [0.2, 0.25) is 0 Å². The fourth-order valence-corrected chi connectivity index (χ4v) is 5.61. The number of hydrogen-bond acceptors (Lipinski definition) is 8. The van der Waals surface area contributed by atoms with Gasteiger partial charge >= 0.3 is 23.9 Å². The molecule has 0 aliphatic carbocycles. The van der Waals surface area contributed by atoms with Gasteiger partial charge in [0.2, 0.25) is 0 Å². The number of unbranched alkanes of at least 4 members (excludes halogenated alkanes) is 4. The molecule has 0 amide bonds. The molecule has 0 aromatic heterocycles. The number of anilines is 2. The van der Waals surface area contributed by atoms with Gasteiger partial charge in [-0.25, -0.2) is 19.2 Å². The van der Waals surface area contributed by atoms with Crippen molar-refractivity contribution in [2.24, 2.45) is 0 Å². The Bertz CT molecular complexity index is 1180. The largest absolute Gasteiger partial charge is 0.478 e. The molecule has 1 fully saturated rings. The lowest BCUT2D eigenvalue weighted by Gasteiger charge is -2.33. The summed E-state index contributed by atoms with van der Waals surface area (Å²) < 4.78 is 0. The summed E-state index contributed by atoms with van der Waals surface area (Å²) in [6.45, 7) is 7.38. The van der Waals surface area contributed by atoms with E-state index in [1.807, 2.05) is 11.8 Å². The molecule has 2 aliphatic heterocycles. The molecule has 0 bridgehead atoms. The van der Waals surface area contributed by atoms with E-state index < -0.39 is 23.9 Å². The molecule has 0 spiro atoms. The Balaban J connectivity index is 0.000000349. The Labute approximate surface area is 262 Å². The van der Waals surface area contributed by atoms with E-state index in [0.717, 1.165) is 6.54 Å². The Morgan fingerprint density at radius 2 is 1.00 bits per heavy atom. The third-order valence-corrected chi connectivity index (χ3v) is 7.85. The van der Waals surface area contributed by atoms with Crippen molar-refractivity contribution in [3.8, 4) is 0 Å². The van der Waals surface area contributed by atoms with E-state index in [1.165, 1.54) is 86.0 Å². The van der Waals surface area contributed by atoms with Gasteiger partial charge in [0.15, 0.2) is 0 Å². The van der Waals surface area contributed by atoms with Crippen LogP contribution in [0.5, 0.6) is 0 Å². The monoisotopic (exact) mass is 627 g/mol. The molecule has 2 aliphatic rings. The van der Waals surface area contributed by atoms with E-state index in [1.54, 1.807) is 0 Å². The zero-order valence-corrected chi connectivity index (χ0v) is 25.7. The van der Waals surface area contributed by atoms with Gasteiger partial charge in [0.25, 0.3) is 0 Å². The van der Waals surface area contributed by atoms with Crippen LogP contribution in [0.25, 0.3) is 0 Å². The highest BCUT2D eigenvalue weighted by atomic mass is 32.2. The zero-order chi connectivity index (χ0) is 32.3. The van der Waals surface area contributed by atoms with Gasteiger partial charge in [0.1, 0.15) is 0 Å². The SMILES string of the molecule is CN1CCN(CCCCCCCN2c3ccccc3Sc3ccccc32)CC1.O=C(O)/C=C\C(=O)O.O=C(O)/C=C\C(=O)O. The van der Waals surface area contributed by atoms with Crippen LogP contribution in [0.4, 0.5) is 11.4 Å². The van der Waals surface area contributed by atoms with Crippen LogP contribution in [0.15, 0.2) is 82.6 Å². The van der Waals surface area contributed by atoms with Gasteiger partial charge in [-0.05, 0) is 50.7 Å². The van der Waals surface area contributed by atoms with Crippen molar-refractivity contribution in [2.75, 3.05) is 51.2 Å². The predicted molar refractivity (Wildman–Crippen MR) is 170 cm³/mol. The summed E-state index contributed by atoms with van der Waals surface area (Å²) in [5.74, 6) is -5.03. The first-order valence-electron chi connectivity index (χ1n) is 14.4. The minimum Gasteiger partial charge on any atom is -0.478 e. The number of carbonyl (C=O) groups is 4. The Morgan fingerprint density at radius 1 is 0.614 bits per heavy atom. The topological polar surface area (TPSA) is 159 Å². The molecule has 4 rings (SSSR count). The van der Waals surface area contributed by atoms with Crippen molar-refractivity contribution in [3.05, 3.63) is 72.8 Å². The highest BCUT2D eigenvalue weighted by molar-refractivity contribution is 7.99. The van der Waals surface area contributed by atoms with E-state index in [9.17, 15) is 19.2 Å². The minimum atomic E-state index is -1.26. The number of rotatable bonds is 12. The maximum absolute atomic E-state index is 9.55. The second-order valence-corrected chi connectivity index (χ2v) is 11.2. The van der Waals surface area contributed by atoms with Gasteiger partial charge < -0.3 is 35.1 Å². The zero-order valence-electron chi connectivity index (χ0n) is 24.9. The van der Waals surface area contributed by atoms with E-state index >= 15 is 0 Å². The summed E-state index contributed by atoms with van der Waals surface area (Å²) in [6, 6.07) is 17.7. The first kappa shape index (κ1) is 36.1. The molecule has 0 saturated carbocycles. The highest BCUT2D eigenvalue weighted by Crippen LogP contribution is 2.47. The van der Waals surface area contributed by atoms with E-state index in [-0.39, 0.29) is 0 Å². The summed E-state index contributed by atoms with van der Waals surface area (Å²) >= 11 is 1.90. The molecule has 2 heterocycles. The number of fused-ring (bicyclic) bond motifs is 2. The summed E-state index contributed by atoms with van der Waals surface area (Å²) in [5.41, 5.74) is 2.75. The number of para-hydroxylation sites is 2. The highest BCUT2D eigenvalue weighted by Gasteiger charge is 2.22. The Hall–Kier alpha value is -4.13. The standard InChI is InChI=1S/C24H33N3S.2C4H4O4/c1-25-17-19-26(20-18-25)15-9-3-2-4-10-16-27-21-11-5-7-13-23(21)28-24-14-8-6-12-22(24)27;2*5-3(6)1-2-4(7)8/h5-8,11-14H,2-4,9-10,15-20H2,1H3;2*1-2H,(H,5,6)(H,7,8)/b;2*2-1-. The normalized spacial score (nSPS) is 14.5. The van der Waals surface area contributed by atoms with Gasteiger partial charge in [-0.3, -0.25) is 0 Å². The molecule has 12 heteroatoms. The number of benzene rings is 2. The maximum Gasteiger partial charge on any atom is 0.328 e. The lowest BCUT2D eigenvalue weighted by atomic mass is 10.1. The molecule has 44 heavy (non-hydrogen) atoms. The van der Waals surface area contributed by atoms with Crippen LogP contribution >= 0.6 is 11.8 Å². The van der Waals surface area contributed by atoms with Crippen LogP contribution in [0, 0.1) is 0 Å². The number of nitrogens with zero attached hydrogens (tertiary/aromatic N) is 3. The summed E-state index contributed by atoms with van der Waals surface area (Å²) in [7, 11) is 2.23. The first-order valence-corrected chi connectivity index (χ1v) is 15.2. The summed E-state index contributed by atoms with van der Waals surface area (Å²) in [5, 5.41) is 31.2. The molecular formula is C32H41N3O8S. The number of carboxylic acids is 4. The van der Waals surface area contributed by atoms with Crippen LogP contribution < -0.4 is 4.90 Å². The fraction of sp³-hybridized carbons (Fsp3) is 0.375. The van der Waals surface area contributed by atoms with Gasteiger partial charge in [0, 0.05) is 66.8 Å². The molecule has 11 nitrogen and oxygen atoms in total. The van der Waals surface area contributed by atoms with E-state index in [2.05, 4.69) is 70.3 Å². The Morgan fingerprint density at radius 3 is 1.43 bits per heavy atom. The first-order chi connectivity index (χ1) is 21.1. The molecule has 0 radical (unpaired) electrons. The lowest BCUT2D eigenvalue weighted by Crippen LogP contribution is -2.44. The Kier molecular flexibility index (Phi) is 16.3. The van der Waals surface area contributed by atoms with E-state index in [4.69, 9.17) is 20.4 Å². The number of aliphatic carboxylic acids is 4.